The van der Waals surface area contributed by atoms with E-state index in [9.17, 15) is 13.2 Å². The molecule has 3 rings (SSSR count). The van der Waals surface area contributed by atoms with E-state index in [0.717, 1.165) is 17.8 Å². The maximum Gasteiger partial charge on any atom is 0.345 e. The highest BCUT2D eigenvalue weighted by Gasteiger charge is 2.24. The van der Waals surface area contributed by atoms with E-state index in [4.69, 9.17) is 0 Å². The van der Waals surface area contributed by atoms with Gasteiger partial charge in [0.2, 0.25) is 10.0 Å². The number of aromatic nitrogens is 3. The highest BCUT2D eigenvalue weighted by molar-refractivity contribution is 7.89. The molecular weight excluding hydrogens is 352 g/mol. The van der Waals surface area contributed by atoms with Gasteiger partial charge in [0.15, 0.2) is 0 Å². The summed E-state index contributed by atoms with van der Waals surface area (Å²) in [6.45, 7) is 3.13. The van der Waals surface area contributed by atoms with E-state index in [1.165, 1.54) is 4.68 Å². The van der Waals surface area contributed by atoms with Crippen molar-refractivity contribution in [2.45, 2.75) is 58.2 Å². The molecule has 1 unspecified atom stereocenters. The summed E-state index contributed by atoms with van der Waals surface area (Å²) in [5.74, 6) is 0.830. The Bertz CT molecular complexity index is 887. The van der Waals surface area contributed by atoms with E-state index >= 15 is 0 Å². The van der Waals surface area contributed by atoms with Crippen LogP contribution in [-0.4, -0.2) is 34.6 Å². The van der Waals surface area contributed by atoms with Gasteiger partial charge in [-0.3, -0.25) is 4.57 Å². The van der Waals surface area contributed by atoms with Gasteiger partial charge in [-0.25, -0.2) is 22.6 Å². The van der Waals surface area contributed by atoms with E-state index in [2.05, 4.69) is 9.82 Å². The third-order valence-electron chi connectivity index (χ3n) is 4.70. The molecule has 1 aromatic heterocycles. The third kappa shape index (κ3) is 4.62. The fourth-order valence-electron chi connectivity index (χ4n) is 3.31. The standard InChI is InChI=1S/C18H26N4O3S/c1-2-12-22-18(23)21-13-10-16(8-9-17(21)19-22)20-26(24,25)14-11-15-6-4-3-5-7-15/h3-7,16,20H,2,8-14H2,1H3. The Morgan fingerprint density at radius 2 is 2.00 bits per heavy atom. The van der Waals surface area contributed by atoms with Crippen molar-refractivity contribution >= 4 is 10.0 Å². The lowest BCUT2D eigenvalue weighted by Crippen LogP contribution is -2.37. The minimum absolute atomic E-state index is 0.0708. The van der Waals surface area contributed by atoms with Gasteiger partial charge in [-0.1, -0.05) is 37.3 Å². The second-order valence-corrected chi connectivity index (χ2v) is 8.64. The zero-order chi connectivity index (χ0) is 18.6. The topological polar surface area (TPSA) is 86.0 Å². The van der Waals surface area contributed by atoms with Gasteiger partial charge in [0.05, 0.1) is 5.75 Å². The van der Waals surface area contributed by atoms with Crippen LogP contribution < -0.4 is 10.4 Å². The molecule has 0 bridgehead atoms. The first-order valence-electron chi connectivity index (χ1n) is 9.19. The summed E-state index contributed by atoms with van der Waals surface area (Å²) in [5, 5.41) is 4.40. The summed E-state index contributed by atoms with van der Waals surface area (Å²) in [4.78, 5) is 12.3. The van der Waals surface area contributed by atoms with E-state index in [1.807, 2.05) is 37.3 Å². The van der Waals surface area contributed by atoms with Gasteiger partial charge in [0, 0.05) is 25.6 Å². The van der Waals surface area contributed by atoms with Gasteiger partial charge in [-0.05, 0) is 31.2 Å². The molecule has 1 aliphatic heterocycles. The number of aryl methyl sites for hydroxylation is 3. The number of nitrogens with one attached hydrogen (secondary N) is 1. The summed E-state index contributed by atoms with van der Waals surface area (Å²) in [6, 6.07) is 9.44. The van der Waals surface area contributed by atoms with Crippen molar-refractivity contribution in [3.63, 3.8) is 0 Å². The van der Waals surface area contributed by atoms with Crippen LogP contribution in [-0.2, 0) is 36.0 Å². The molecule has 0 amide bonds. The number of nitrogens with zero attached hydrogens (tertiary/aromatic N) is 3. The molecule has 0 fully saturated rings. The smallest absolute Gasteiger partial charge is 0.279 e. The monoisotopic (exact) mass is 378 g/mol. The molecule has 8 heteroatoms. The molecule has 142 valence electrons. The Morgan fingerprint density at radius 3 is 2.73 bits per heavy atom. The lowest BCUT2D eigenvalue weighted by molar-refractivity contribution is 0.483. The number of hydrogen-bond donors (Lipinski definition) is 1. The molecule has 2 aromatic rings. The van der Waals surface area contributed by atoms with Crippen LogP contribution in [0.15, 0.2) is 35.1 Å². The fraction of sp³-hybridized carbons (Fsp3) is 0.556. The number of fused-ring (bicyclic) bond motifs is 1. The average molecular weight is 378 g/mol. The van der Waals surface area contributed by atoms with Gasteiger partial charge in [-0.2, -0.15) is 5.10 Å². The van der Waals surface area contributed by atoms with Crippen molar-refractivity contribution in [2.75, 3.05) is 5.75 Å². The van der Waals surface area contributed by atoms with Crippen molar-refractivity contribution in [2.24, 2.45) is 0 Å². The molecule has 1 aliphatic rings. The molecule has 1 atom stereocenters. The van der Waals surface area contributed by atoms with E-state index in [1.54, 1.807) is 4.57 Å². The molecule has 26 heavy (non-hydrogen) atoms. The summed E-state index contributed by atoms with van der Waals surface area (Å²) < 4.78 is 30.8. The molecule has 2 heterocycles. The van der Waals surface area contributed by atoms with Crippen LogP contribution in [0.3, 0.4) is 0 Å². The quantitative estimate of drug-likeness (QED) is 0.787. The lowest BCUT2D eigenvalue weighted by Gasteiger charge is -2.16. The van der Waals surface area contributed by atoms with Crippen molar-refractivity contribution in [1.82, 2.24) is 19.1 Å². The molecule has 0 spiro atoms. The molecule has 0 radical (unpaired) electrons. The predicted octanol–water partition coefficient (Wildman–Crippen LogP) is 1.32. The first-order chi connectivity index (χ1) is 12.5. The molecule has 7 nitrogen and oxygen atoms in total. The van der Waals surface area contributed by atoms with Crippen molar-refractivity contribution in [3.8, 4) is 0 Å². The molecule has 0 aliphatic carbocycles. The highest BCUT2D eigenvalue weighted by atomic mass is 32.2. The zero-order valence-corrected chi connectivity index (χ0v) is 15.9. The number of hydrogen-bond acceptors (Lipinski definition) is 4. The normalized spacial score (nSPS) is 17.7. The minimum Gasteiger partial charge on any atom is -0.279 e. The summed E-state index contributed by atoms with van der Waals surface area (Å²) in [5.41, 5.74) is 0.921. The van der Waals surface area contributed by atoms with E-state index in [-0.39, 0.29) is 17.5 Å². The van der Waals surface area contributed by atoms with Crippen LogP contribution in [0, 0.1) is 0 Å². The Labute approximate surface area is 154 Å². The number of sulfonamides is 1. The Balaban J connectivity index is 1.59. The van der Waals surface area contributed by atoms with Gasteiger partial charge >= 0.3 is 5.69 Å². The maximum absolute atomic E-state index is 12.4. The van der Waals surface area contributed by atoms with Gasteiger partial charge in [-0.15, -0.1) is 0 Å². The van der Waals surface area contributed by atoms with Crippen LogP contribution in [0.25, 0.3) is 0 Å². The Morgan fingerprint density at radius 1 is 1.23 bits per heavy atom. The average Bonchev–Trinajstić information content (AvgIpc) is 2.79. The van der Waals surface area contributed by atoms with Crippen LogP contribution in [0.2, 0.25) is 0 Å². The summed E-state index contributed by atoms with van der Waals surface area (Å²) >= 11 is 0. The second-order valence-electron chi connectivity index (χ2n) is 6.77. The highest BCUT2D eigenvalue weighted by Crippen LogP contribution is 2.13. The zero-order valence-electron chi connectivity index (χ0n) is 15.1. The van der Waals surface area contributed by atoms with Crippen molar-refractivity contribution in [3.05, 3.63) is 52.2 Å². The van der Waals surface area contributed by atoms with Crippen LogP contribution in [0.4, 0.5) is 0 Å². The van der Waals surface area contributed by atoms with Crippen molar-refractivity contribution < 1.29 is 8.42 Å². The van der Waals surface area contributed by atoms with Crippen LogP contribution in [0.5, 0.6) is 0 Å². The predicted molar refractivity (Wildman–Crippen MR) is 101 cm³/mol. The Kier molecular flexibility index (Phi) is 5.93. The van der Waals surface area contributed by atoms with Crippen LogP contribution >= 0.6 is 0 Å². The largest absolute Gasteiger partial charge is 0.345 e. The second kappa shape index (κ2) is 8.18. The third-order valence-corrected chi connectivity index (χ3v) is 6.13. The minimum atomic E-state index is -3.36. The first kappa shape index (κ1) is 18.8. The van der Waals surface area contributed by atoms with Crippen molar-refractivity contribution in [1.29, 1.82) is 0 Å². The van der Waals surface area contributed by atoms with Gasteiger partial charge < -0.3 is 0 Å². The van der Waals surface area contributed by atoms with Gasteiger partial charge in [0.25, 0.3) is 0 Å². The first-order valence-corrected chi connectivity index (χ1v) is 10.8. The SMILES string of the molecule is CCCn1nc2n(c1=O)CCC(NS(=O)(=O)CCc1ccccc1)CC2. The van der Waals surface area contributed by atoms with Gasteiger partial charge in [0.1, 0.15) is 5.82 Å². The summed E-state index contributed by atoms with van der Waals surface area (Å²) in [6.07, 6.45) is 3.23. The molecule has 1 N–H and O–H groups in total. The van der Waals surface area contributed by atoms with Crippen LogP contribution in [0.1, 0.15) is 37.6 Å². The fourth-order valence-corrected chi connectivity index (χ4v) is 4.68. The number of rotatable bonds is 7. The number of benzene rings is 1. The molecular formula is C18H26N4O3S. The molecule has 0 saturated carbocycles. The Hall–Kier alpha value is -1.93. The molecule has 1 aromatic carbocycles. The lowest BCUT2D eigenvalue weighted by atomic mass is 10.1. The summed E-state index contributed by atoms with van der Waals surface area (Å²) in [7, 11) is -3.36. The molecule has 0 saturated heterocycles. The van der Waals surface area contributed by atoms with E-state index < -0.39 is 10.0 Å². The maximum atomic E-state index is 12.4. The van der Waals surface area contributed by atoms with E-state index in [0.29, 0.717) is 38.8 Å².